The molecule has 0 aliphatic carbocycles. The van der Waals surface area contributed by atoms with Crippen molar-refractivity contribution in [3.05, 3.63) is 48.6 Å². The van der Waals surface area contributed by atoms with Crippen LogP contribution in [0, 0.1) is 0 Å². The van der Waals surface area contributed by atoms with Gasteiger partial charge in [0, 0.05) is 6.42 Å². The molecule has 0 heterocycles. The van der Waals surface area contributed by atoms with Crippen molar-refractivity contribution < 1.29 is 5.11 Å². The van der Waals surface area contributed by atoms with E-state index in [1.165, 1.54) is 11.6 Å². The predicted octanol–water partition coefficient (Wildman–Crippen LogP) is 2.89. The first-order valence-corrected chi connectivity index (χ1v) is 6.40. The number of benzene rings is 1. The van der Waals surface area contributed by atoms with E-state index in [0.717, 1.165) is 5.04 Å². The van der Waals surface area contributed by atoms with Crippen LogP contribution in [0.2, 0.25) is 0 Å². The van der Waals surface area contributed by atoms with Gasteiger partial charge in [0.25, 0.3) is 0 Å². The summed E-state index contributed by atoms with van der Waals surface area (Å²) in [5.41, 5.74) is 1.18. The summed E-state index contributed by atoms with van der Waals surface area (Å²) in [5, 5.41) is 10.4. The van der Waals surface area contributed by atoms with Gasteiger partial charge in [0.2, 0.25) is 0 Å². The second-order valence-electron chi connectivity index (χ2n) is 3.41. The van der Waals surface area contributed by atoms with E-state index in [2.05, 4.69) is 11.6 Å². The highest BCUT2D eigenvalue weighted by Gasteiger charge is 2.03. The molecule has 3 heteroatoms. The Morgan fingerprint density at radius 2 is 2.19 bits per heavy atom. The summed E-state index contributed by atoms with van der Waals surface area (Å²) in [7, 11) is 0. The second kappa shape index (κ2) is 7.25. The molecule has 0 aliphatic heterocycles. The molecular formula is C13H17NOS. The Hall–Kier alpha value is -1.06. The average Bonchev–Trinajstić information content (AvgIpc) is 2.35. The maximum Gasteiger partial charge on any atom is 0.0778 e. The molecule has 0 saturated heterocycles. The number of rotatable bonds is 5. The van der Waals surface area contributed by atoms with Crippen molar-refractivity contribution >= 4 is 16.8 Å². The molecule has 86 valence electrons. The Bertz CT molecular complexity index is 348. The van der Waals surface area contributed by atoms with Gasteiger partial charge in [0.1, 0.15) is 0 Å². The van der Waals surface area contributed by atoms with Gasteiger partial charge in [-0.2, -0.15) is 0 Å². The highest BCUT2D eigenvalue weighted by Crippen LogP contribution is 2.09. The standard InChI is InChI=1S/C13H17NOS/c1-3-12(15)9-13(16-2)14-10-11-7-5-4-6-8-11/h3-8,12,15H,1,9-10H2,2H3. The van der Waals surface area contributed by atoms with Gasteiger partial charge in [-0.25, -0.2) is 0 Å². The SMILES string of the molecule is C=CC(O)CC(=NCc1ccccc1)SC. The molecule has 0 fully saturated rings. The van der Waals surface area contributed by atoms with Crippen LogP contribution in [0.4, 0.5) is 0 Å². The molecule has 0 spiro atoms. The molecular weight excluding hydrogens is 218 g/mol. The van der Waals surface area contributed by atoms with Gasteiger partial charge in [-0.3, -0.25) is 4.99 Å². The van der Waals surface area contributed by atoms with Gasteiger partial charge >= 0.3 is 0 Å². The number of nitrogens with zero attached hydrogens (tertiary/aromatic N) is 1. The first-order chi connectivity index (χ1) is 7.76. The molecule has 2 nitrogen and oxygen atoms in total. The minimum absolute atomic E-state index is 0.498. The normalized spacial score (nSPS) is 13.5. The number of aliphatic imine (C=N–C) groups is 1. The fourth-order valence-corrected chi connectivity index (χ4v) is 1.77. The first-order valence-electron chi connectivity index (χ1n) is 5.18. The monoisotopic (exact) mass is 235 g/mol. The molecule has 1 N–H and O–H groups in total. The lowest BCUT2D eigenvalue weighted by Gasteiger charge is -2.06. The number of hydrogen-bond acceptors (Lipinski definition) is 3. The molecule has 1 rings (SSSR count). The van der Waals surface area contributed by atoms with Crippen LogP contribution >= 0.6 is 11.8 Å². The van der Waals surface area contributed by atoms with Crippen LogP contribution in [-0.4, -0.2) is 22.5 Å². The van der Waals surface area contributed by atoms with Crippen LogP contribution < -0.4 is 0 Å². The van der Waals surface area contributed by atoms with E-state index in [4.69, 9.17) is 0 Å². The van der Waals surface area contributed by atoms with Crippen LogP contribution in [0.25, 0.3) is 0 Å². The zero-order valence-electron chi connectivity index (χ0n) is 9.47. The van der Waals surface area contributed by atoms with Crippen LogP contribution in [0.1, 0.15) is 12.0 Å². The average molecular weight is 235 g/mol. The summed E-state index contributed by atoms with van der Waals surface area (Å²) in [4.78, 5) is 4.47. The van der Waals surface area contributed by atoms with E-state index >= 15 is 0 Å². The molecule has 1 aromatic rings. The molecule has 0 amide bonds. The molecule has 0 saturated carbocycles. The fourth-order valence-electron chi connectivity index (χ4n) is 1.24. The molecule has 0 radical (unpaired) electrons. The first kappa shape index (κ1) is 13.0. The van der Waals surface area contributed by atoms with Gasteiger partial charge < -0.3 is 5.11 Å². The lowest BCUT2D eigenvalue weighted by atomic mass is 10.2. The fraction of sp³-hybridized carbons (Fsp3) is 0.308. The van der Waals surface area contributed by atoms with E-state index in [1.807, 2.05) is 36.6 Å². The highest BCUT2D eigenvalue weighted by atomic mass is 32.2. The van der Waals surface area contributed by atoms with Crippen molar-refractivity contribution in [3.8, 4) is 0 Å². The topological polar surface area (TPSA) is 32.6 Å². The second-order valence-corrected chi connectivity index (χ2v) is 4.29. The molecule has 1 unspecified atom stereocenters. The lowest BCUT2D eigenvalue weighted by molar-refractivity contribution is 0.233. The summed E-state index contributed by atoms with van der Waals surface area (Å²) < 4.78 is 0. The van der Waals surface area contributed by atoms with Gasteiger partial charge in [-0.05, 0) is 11.8 Å². The zero-order chi connectivity index (χ0) is 11.8. The minimum atomic E-state index is -0.498. The molecule has 1 aromatic carbocycles. The largest absolute Gasteiger partial charge is 0.389 e. The van der Waals surface area contributed by atoms with Gasteiger partial charge in [-0.15, -0.1) is 18.3 Å². The Morgan fingerprint density at radius 3 is 2.75 bits per heavy atom. The lowest BCUT2D eigenvalue weighted by Crippen LogP contribution is -2.07. The maximum absolute atomic E-state index is 9.44. The van der Waals surface area contributed by atoms with E-state index in [0.29, 0.717) is 13.0 Å². The Kier molecular flexibility index (Phi) is 5.90. The van der Waals surface area contributed by atoms with Crippen molar-refractivity contribution in [1.29, 1.82) is 0 Å². The quantitative estimate of drug-likeness (QED) is 0.483. The Balaban J connectivity index is 2.56. The maximum atomic E-state index is 9.44. The van der Waals surface area contributed by atoms with Crippen molar-refractivity contribution in [2.75, 3.05) is 6.26 Å². The van der Waals surface area contributed by atoms with Crippen molar-refractivity contribution in [2.45, 2.75) is 19.1 Å². The summed E-state index contributed by atoms with van der Waals surface area (Å²) in [6.07, 6.45) is 3.56. The van der Waals surface area contributed by atoms with Gasteiger partial charge in [-0.1, -0.05) is 36.4 Å². The number of aliphatic hydroxyl groups is 1. The van der Waals surface area contributed by atoms with E-state index in [1.54, 1.807) is 11.8 Å². The van der Waals surface area contributed by atoms with Crippen LogP contribution in [0.5, 0.6) is 0 Å². The molecule has 0 aromatic heterocycles. The molecule has 16 heavy (non-hydrogen) atoms. The zero-order valence-corrected chi connectivity index (χ0v) is 10.3. The Labute approximate surface area is 101 Å². The van der Waals surface area contributed by atoms with Crippen molar-refractivity contribution in [1.82, 2.24) is 0 Å². The van der Waals surface area contributed by atoms with Crippen molar-refractivity contribution in [3.63, 3.8) is 0 Å². The summed E-state index contributed by atoms with van der Waals surface area (Å²) in [6.45, 7) is 4.22. The number of aliphatic hydroxyl groups excluding tert-OH is 1. The van der Waals surface area contributed by atoms with E-state index < -0.39 is 6.10 Å². The predicted molar refractivity (Wildman–Crippen MR) is 71.9 cm³/mol. The number of thioether (sulfide) groups is 1. The van der Waals surface area contributed by atoms with Crippen LogP contribution in [-0.2, 0) is 6.54 Å². The van der Waals surface area contributed by atoms with Crippen molar-refractivity contribution in [2.24, 2.45) is 4.99 Å². The Morgan fingerprint density at radius 1 is 1.50 bits per heavy atom. The van der Waals surface area contributed by atoms with E-state index in [-0.39, 0.29) is 0 Å². The molecule has 0 bridgehead atoms. The third-order valence-electron chi connectivity index (χ3n) is 2.17. The number of hydrogen-bond donors (Lipinski definition) is 1. The van der Waals surface area contributed by atoms with Crippen LogP contribution in [0.15, 0.2) is 48.0 Å². The highest BCUT2D eigenvalue weighted by molar-refractivity contribution is 8.13. The van der Waals surface area contributed by atoms with Gasteiger partial charge in [0.15, 0.2) is 0 Å². The summed E-state index contributed by atoms with van der Waals surface area (Å²) in [6, 6.07) is 10.1. The minimum Gasteiger partial charge on any atom is -0.389 e. The van der Waals surface area contributed by atoms with E-state index in [9.17, 15) is 5.11 Å². The molecule has 0 aliphatic rings. The summed E-state index contributed by atoms with van der Waals surface area (Å²) in [5.74, 6) is 0. The van der Waals surface area contributed by atoms with Gasteiger partial charge in [0.05, 0.1) is 17.7 Å². The summed E-state index contributed by atoms with van der Waals surface area (Å²) >= 11 is 1.58. The molecule has 1 atom stereocenters. The smallest absolute Gasteiger partial charge is 0.0778 e. The van der Waals surface area contributed by atoms with Crippen LogP contribution in [0.3, 0.4) is 0 Å². The third kappa shape index (κ3) is 4.64. The third-order valence-corrected chi connectivity index (χ3v) is 2.94.